The molecule has 0 saturated heterocycles. The largest absolute Gasteiger partial charge is 0.508 e. The summed E-state index contributed by atoms with van der Waals surface area (Å²) in [7, 11) is 0. The third-order valence-corrected chi connectivity index (χ3v) is 5.49. The van der Waals surface area contributed by atoms with Crippen molar-refractivity contribution < 1.29 is 19.9 Å². The molecule has 0 saturated carbocycles. The van der Waals surface area contributed by atoms with Gasteiger partial charge >= 0.3 is 0 Å². The van der Waals surface area contributed by atoms with Crippen molar-refractivity contribution in [2.75, 3.05) is 5.75 Å². The summed E-state index contributed by atoms with van der Waals surface area (Å²) >= 11 is 2.92. The topological polar surface area (TPSA) is 80.9 Å². The highest BCUT2D eigenvalue weighted by atomic mass is 127. The van der Waals surface area contributed by atoms with E-state index in [1.54, 1.807) is 36.4 Å². The summed E-state index contributed by atoms with van der Waals surface area (Å²) in [5.41, 5.74) is 1.61. The van der Waals surface area contributed by atoms with E-state index < -0.39 is 6.10 Å². The second-order valence-corrected chi connectivity index (χ2v) is 7.26. The number of hydrogen-bond donors (Lipinski definition) is 4. The van der Waals surface area contributed by atoms with E-state index in [4.69, 9.17) is 0 Å². The van der Waals surface area contributed by atoms with Gasteiger partial charge < -0.3 is 19.9 Å². The van der Waals surface area contributed by atoms with Gasteiger partial charge in [-0.1, -0.05) is 19.1 Å². The van der Waals surface area contributed by atoms with E-state index in [1.165, 1.54) is 0 Å². The van der Waals surface area contributed by atoms with Crippen LogP contribution in [-0.4, -0.2) is 25.6 Å². The number of aliphatic hydroxyl groups is 1. The lowest BCUT2D eigenvalue weighted by molar-refractivity contribution is 0.105. The van der Waals surface area contributed by atoms with Crippen LogP contribution in [0.1, 0.15) is 30.1 Å². The Labute approximate surface area is 153 Å². The second kappa shape index (κ2) is 8.23. The van der Waals surface area contributed by atoms with E-state index in [0.717, 1.165) is 21.2 Å². The molecule has 0 amide bonds. The minimum Gasteiger partial charge on any atom is -0.508 e. The number of rotatable bonds is 6. The molecule has 0 fully saturated rings. The minimum absolute atomic E-state index is 0.132. The Balaban J connectivity index is 2.32. The van der Waals surface area contributed by atoms with E-state index in [1.807, 2.05) is 13.0 Å². The Hall–Kier alpha value is -0.960. The van der Waals surface area contributed by atoms with E-state index in [0.29, 0.717) is 11.3 Å². The maximum atomic E-state index is 10.7. The highest BCUT2D eigenvalue weighted by molar-refractivity contribution is 14.1. The van der Waals surface area contributed by atoms with Gasteiger partial charge in [0.1, 0.15) is 11.5 Å². The van der Waals surface area contributed by atoms with Gasteiger partial charge in [-0.3, -0.25) is 0 Å². The average Bonchev–Trinajstić information content (AvgIpc) is 2.54. The van der Waals surface area contributed by atoms with Crippen LogP contribution in [0.2, 0.25) is 0 Å². The van der Waals surface area contributed by atoms with Crippen molar-refractivity contribution in [2.24, 2.45) is 5.92 Å². The van der Waals surface area contributed by atoms with Crippen LogP contribution < -0.4 is 0 Å². The van der Waals surface area contributed by atoms with Crippen molar-refractivity contribution in [3.8, 4) is 11.5 Å². The summed E-state index contributed by atoms with van der Waals surface area (Å²) in [6, 6.07) is 11.6. The predicted octanol–water partition coefficient (Wildman–Crippen LogP) is 4.36. The third kappa shape index (κ3) is 4.53. The van der Waals surface area contributed by atoms with Crippen molar-refractivity contribution in [3.05, 3.63) is 57.2 Å². The molecule has 0 aliphatic carbocycles. The van der Waals surface area contributed by atoms with Gasteiger partial charge in [0.2, 0.25) is 0 Å². The highest BCUT2D eigenvalue weighted by Crippen LogP contribution is 2.39. The molecule has 0 heterocycles. The number of benzene rings is 2. The minimum atomic E-state index is -0.745. The van der Waals surface area contributed by atoms with Crippen LogP contribution in [0, 0.1) is 9.49 Å². The Kier molecular flexibility index (Phi) is 6.58. The SMILES string of the molecule is C[C@H]([C@@H](O)c1ccc(O)cc1)[C@@H](CSO)c1cc(O)ccc1I. The van der Waals surface area contributed by atoms with Crippen LogP contribution in [0.5, 0.6) is 11.5 Å². The number of hydrogen-bond acceptors (Lipinski definition) is 5. The smallest absolute Gasteiger partial charge is 0.115 e. The summed E-state index contributed by atoms with van der Waals surface area (Å²) in [6.07, 6.45) is -0.745. The molecule has 0 aromatic heterocycles. The van der Waals surface area contributed by atoms with Crippen molar-refractivity contribution in [2.45, 2.75) is 18.9 Å². The van der Waals surface area contributed by atoms with Crippen molar-refractivity contribution in [1.29, 1.82) is 0 Å². The van der Waals surface area contributed by atoms with Gasteiger partial charge in [0.05, 0.1) is 6.10 Å². The summed E-state index contributed by atoms with van der Waals surface area (Å²) < 4.78 is 10.3. The van der Waals surface area contributed by atoms with Gasteiger partial charge in [0.15, 0.2) is 0 Å². The van der Waals surface area contributed by atoms with Crippen LogP contribution in [0.25, 0.3) is 0 Å². The lowest BCUT2D eigenvalue weighted by Crippen LogP contribution is -2.21. The van der Waals surface area contributed by atoms with Crippen molar-refractivity contribution in [3.63, 3.8) is 0 Å². The molecule has 2 rings (SSSR count). The molecule has 0 aliphatic heterocycles. The Morgan fingerprint density at radius 2 is 1.65 bits per heavy atom. The van der Waals surface area contributed by atoms with Crippen LogP contribution in [0.3, 0.4) is 0 Å². The molecule has 0 spiro atoms. The zero-order chi connectivity index (χ0) is 17.0. The Bertz CT molecular complexity index is 648. The second-order valence-electron chi connectivity index (χ2n) is 5.50. The van der Waals surface area contributed by atoms with Crippen LogP contribution >= 0.6 is 34.6 Å². The normalized spacial score (nSPS) is 15.1. The zero-order valence-corrected chi connectivity index (χ0v) is 15.5. The number of aliphatic hydroxyl groups excluding tert-OH is 1. The molecule has 4 N–H and O–H groups in total. The average molecular weight is 446 g/mol. The lowest BCUT2D eigenvalue weighted by atomic mass is 9.82. The van der Waals surface area contributed by atoms with Gasteiger partial charge in [0.25, 0.3) is 0 Å². The standard InChI is InChI=1S/C17H19IO4S/c1-10(17(21)11-2-4-12(19)5-3-11)15(9-23-22)14-8-13(20)6-7-16(14)18/h2-8,10,15,17,19-22H,9H2,1H3/t10-,15+,17+/m0/s1. The molecule has 0 radical (unpaired) electrons. The van der Waals surface area contributed by atoms with Gasteiger partial charge in [-0.15, -0.1) is 0 Å². The fourth-order valence-corrected chi connectivity index (χ4v) is 3.99. The number of halogens is 1. The van der Waals surface area contributed by atoms with Crippen LogP contribution in [0.4, 0.5) is 0 Å². The zero-order valence-electron chi connectivity index (χ0n) is 12.6. The Morgan fingerprint density at radius 1 is 1.04 bits per heavy atom. The first-order chi connectivity index (χ1) is 10.9. The van der Waals surface area contributed by atoms with Gasteiger partial charge in [-0.05, 0) is 82.0 Å². The number of aromatic hydroxyl groups is 2. The number of phenolic OH excluding ortho intramolecular Hbond substituents is 2. The molecule has 6 heteroatoms. The molecule has 0 unspecified atom stereocenters. The summed E-state index contributed by atoms with van der Waals surface area (Å²) in [4.78, 5) is 0. The molecule has 0 aliphatic rings. The van der Waals surface area contributed by atoms with Gasteiger partial charge in [0, 0.05) is 15.2 Å². The number of phenols is 2. The summed E-state index contributed by atoms with van der Waals surface area (Å²) in [5, 5.41) is 29.8. The van der Waals surface area contributed by atoms with E-state index in [2.05, 4.69) is 22.6 Å². The van der Waals surface area contributed by atoms with E-state index >= 15 is 0 Å². The molecule has 4 nitrogen and oxygen atoms in total. The summed E-state index contributed by atoms with van der Waals surface area (Å²) in [6.45, 7) is 1.92. The monoisotopic (exact) mass is 446 g/mol. The van der Waals surface area contributed by atoms with Crippen LogP contribution in [0.15, 0.2) is 42.5 Å². The van der Waals surface area contributed by atoms with Gasteiger partial charge in [-0.2, -0.15) is 0 Å². The van der Waals surface area contributed by atoms with E-state index in [-0.39, 0.29) is 23.3 Å². The molecule has 23 heavy (non-hydrogen) atoms. The van der Waals surface area contributed by atoms with Crippen molar-refractivity contribution >= 4 is 34.6 Å². The molecule has 3 atom stereocenters. The maximum Gasteiger partial charge on any atom is 0.115 e. The van der Waals surface area contributed by atoms with Gasteiger partial charge in [-0.25, -0.2) is 0 Å². The first kappa shape index (κ1) is 18.4. The van der Waals surface area contributed by atoms with Crippen molar-refractivity contribution in [1.82, 2.24) is 0 Å². The quantitative estimate of drug-likeness (QED) is 0.392. The lowest BCUT2D eigenvalue weighted by Gasteiger charge is -2.29. The van der Waals surface area contributed by atoms with Crippen LogP contribution in [-0.2, 0) is 0 Å². The molecule has 2 aromatic carbocycles. The molecular formula is C17H19IO4S. The molecule has 124 valence electrons. The Morgan fingerprint density at radius 3 is 2.26 bits per heavy atom. The summed E-state index contributed by atoms with van der Waals surface area (Å²) in [5.74, 6) is 0.413. The highest BCUT2D eigenvalue weighted by Gasteiger charge is 2.28. The third-order valence-electron chi connectivity index (χ3n) is 4.00. The first-order valence-corrected chi connectivity index (χ1v) is 9.18. The fraction of sp³-hybridized carbons (Fsp3) is 0.294. The molecular weight excluding hydrogens is 427 g/mol. The molecule has 0 bridgehead atoms. The maximum absolute atomic E-state index is 10.7. The first-order valence-electron chi connectivity index (χ1n) is 7.15. The van der Waals surface area contributed by atoms with E-state index in [9.17, 15) is 19.9 Å². The fourth-order valence-electron chi connectivity index (χ4n) is 2.62. The predicted molar refractivity (Wildman–Crippen MR) is 101 cm³/mol. The molecule has 2 aromatic rings.